The van der Waals surface area contributed by atoms with Crippen LogP contribution in [-0.4, -0.2) is 64.9 Å². The van der Waals surface area contributed by atoms with E-state index in [0.29, 0.717) is 0 Å². The third-order valence-electron chi connectivity index (χ3n) is 0. The van der Waals surface area contributed by atoms with Gasteiger partial charge in [-0.2, -0.15) is 0 Å². The summed E-state index contributed by atoms with van der Waals surface area (Å²) >= 11 is 0. The maximum Gasteiger partial charge on any atom is 2.00 e. The maximum absolute atomic E-state index is 6.00. The van der Waals surface area contributed by atoms with Crippen LogP contribution in [0.1, 0.15) is 2.85 Å². The van der Waals surface area contributed by atoms with Crippen LogP contribution in [0.25, 0.3) is 0 Å². The molecule has 26 valence electrons. The Labute approximate surface area is 66.9 Å². The number of hydrogen-bond donors (Lipinski definition) is 2. The van der Waals surface area contributed by atoms with Gasteiger partial charge < -0.3 is 8.33 Å². The van der Waals surface area contributed by atoms with Gasteiger partial charge in [0, 0.05) is 0 Å². The molecule has 0 aromatic heterocycles. The van der Waals surface area contributed by atoms with E-state index in [4.69, 9.17) is 10.5 Å². The average molecular weight is 191 g/mol. The van der Waals surface area contributed by atoms with Crippen LogP contribution in [-0.2, 0) is 0 Å². The quantitative estimate of drug-likeness (QED) is 0.294. The smallest absolute Gasteiger partial charge is 1.00 e. The number of rotatable bonds is 0. The molecule has 0 aromatic carbocycles. The van der Waals surface area contributed by atoms with Crippen LogP contribution >= 0.6 is 0 Å². The van der Waals surface area contributed by atoms with Crippen molar-refractivity contribution < 1.29 is 18.8 Å². The van der Waals surface area contributed by atoms with Gasteiger partial charge in [0.2, 0.25) is 0 Å². The summed E-state index contributed by atoms with van der Waals surface area (Å²) in [5.41, 5.74) is 0. The molecule has 0 aromatic rings. The van der Waals surface area contributed by atoms with Crippen LogP contribution in [0.3, 0.4) is 0 Å². The van der Waals surface area contributed by atoms with Crippen molar-refractivity contribution in [3.63, 3.8) is 0 Å². The van der Waals surface area contributed by atoms with Gasteiger partial charge in [0.25, 0.3) is 0 Å². The van der Waals surface area contributed by atoms with E-state index in [-0.39, 0.29) is 57.2 Å². The first-order valence-electron chi connectivity index (χ1n) is 0.200. The molecule has 0 spiro atoms. The van der Waals surface area contributed by atoms with Gasteiger partial charge in [-0.1, -0.05) is 0 Å². The Morgan fingerprint density at radius 2 is 1.25 bits per heavy atom. The summed E-state index contributed by atoms with van der Waals surface area (Å²) in [7, 11) is 0. The second kappa shape index (κ2) is 25.2. The summed E-state index contributed by atoms with van der Waals surface area (Å²) in [6, 6.07) is 0. The molecule has 0 radical (unpaired) electrons. The topological polar surface area (TPSA) is 72.0 Å². The van der Waals surface area contributed by atoms with Crippen molar-refractivity contribution in [2.24, 2.45) is 0 Å². The normalized spacial score (nSPS) is 1.50. The van der Waals surface area contributed by atoms with Crippen molar-refractivity contribution in [2.45, 2.75) is 0 Å². The first kappa shape index (κ1) is 18.0. The zero-order chi connectivity index (χ0) is 2.00. The predicted octanol–water partition coefficient (Wildman–Crippen LogP) is -0.963. The Kier molecular flexibility index (Phi) is 113. The van der Waals surface area contributed by atoms with Crippen molar-refractivity contribution in [2.75, 3.05) is 0 Å². The molecule has 0 rings (SSSR count). The maximum atomic E-state index is 6.00. The Balaban J connectivity index is -0.000000000833. The summed E-state index contributed by atoms with van der Waals surface area (Å²) in [5, 5.41) is 12.0. The minimum atomic E-state index is 0. The summed E-state index contributed by atoms with van der Waals surface area (Å²) in [4.78, 5) is 0. The van der Waals surface area contributed by atoms with Crippen LogP contribution in [0.5, 0.6) is 0 Å². The minimum absolute atomic E-state index is 0. The fourth-order valence-electron chi connectivity index (χ4n) is 0. The fourth-order valence-corrected chi connectivity index (χ4v) is 0. The van der Waals surface area contributed by atoms with E-state index in [9.17, 15) is 0 Å². The SMILES string of the molecule is O.OO.[Ba+2].[H-].[H-]. The Hall–Kier alpha value is 1.45. The molecule has 0 fully saturated rings. The third-order valence-corrected chi connectivity index (χ3v) is 0. The molecule has 4 heteroatoms. The summed E-state index contributed by atoms with van der Waals surface area (Å²) in [5.74, 6) is 0. The molecule has 4 heavy (non-hydrogen) atoms. The van der Waals surface area contributed by atoms with Crippen LogP contribution in [0.15, 0.2) is 0 Å². The fraction of sp³-hybridized carbons (Fsp3) is 0. The van der Waals surface area contributed by atoms with E-state index >= 15 is 0 Å². The zero-order valence-electron chi connectivity index (χ0n) is 4.10. The molecule has 0 saturated carbocycles. The predicted molar refractivity (Wildman–Crippen MR) is 16.8 cm³/mol. The molecule has 0 aliphatic carbocycles. The van der Waals surface area contributed by atoms with Crippen molar-refractivity contribution in [1.29, 1.82) is 0 Å². The van der Waals surface area contributed by atoms with Gasteiger partial charge in [0.15, 0.2) is 0 Å². The van der Waals surface area contributed by atoms with Gasteiger partial charge in [-0.05, 0) is 0 Å². The molecule has 3 nitrogen and oxygen atoms in total. The van der Waals surface area contributed by atoms with Gasteiger partial charge in [0.05, 0.1) is 0 Å². The summed E-state index contributed by atoms with van der Waals surface area (Å²) in [6.07, 6.45) is 0. The molecule has 4 N–H and O–H groups in total. The van der Waals surface area contributed by atoms with Gasteiger partial charge in [-0.25, -0.2) is 0 Å². The first-order chi connectivity index (χ1) is 1.00. The van der Waals surface area contributed by atoms with Crippen LogP contribution in [0.4, 0.5) is 0 Å². The molecular formula is H6BaO3. The van der Waals surface area contributed by atoms with Crippen molar-refractivity contribution in [1.82, 2.24) is 0 Å². The van der Waals surface area contributed by atoms with Crippen LogP contribution in [0, 0.1) is 0 Å². The van der Waals surface area contributed by atoms with Crippen molar-refractivity contribution in [3.05, 3.63) is 0 Å². The van der Waals surface area contributed by atoms with Crippen LogP contribution < -0.4 is 0 Å². The van der Waals surface area contributed by atoms with E-state index in [1.807, 2.05) is 0 Å². The van der Waals surface area contributed by atoms with Gasteiger partial charge >= 0.3 is 48.9 Å². The first-order valence-corrected chi connectivity index (χ1v) is 0.200. The molecule has 0 aliphatic heterocycles. The molecular weight excluding hydrogens is 185 g/mol. The van der Waals surface area contributed by atoms with Crippen LogP contribution in [0.2, 0.25) is 0 Å². The third kappa shape index (κ3) is 9.85. The largest absolute Gasteiger partial charge is 2.00 e. The minimum Gasteiger partial charge on any atom is -1.00 e. The Morgan fingerprint density at radius 1 is 1.25 bits per heavy atom. The second-order valence-electron chi connectivity index (χ2n) is 0. The van der Waals surface area contributed by atoms with Gasteiger partial charge in [0.1, 0.15) is 0 Å². The van der Waals surface area contributed by atoms with E-state index in [2.05, 4.69) is 0 Å². The Bertz CT molecular complexity index is 8.75. The van der Waals surface area contributed by atoms with Gasteiger partial charge in [-0.15, -0.1) is 0 Å². The van der Waals surface area contributed by atoms with E-state index in [1.54, 1.807) is 0 Å². The second-order valence-corrected chi connectivity index (χ2v) is 0. The molecule has 0 bridgehead atoms. The standard InChI is InChI=1S/Ba.H2O2.H2O.2H/c;1-2;;;/h;1-2H;1H2;;/q+2;;;2*-1. The van der Waals surface area contributed by atoms with E-state index < -0.39 is 0 Å². The average Bonchev–Trinajstić information content (AvgIpc) is 1.00. The zero-order valence-corrected chi connectivity index (χ0v) is 6.54. The molecule has 0 heterocycles. The molecule has 0 unspecified atom stereocenters. The molecule has 0 amide bonds. The van der Waals surface area contributed by atoms with Crippen molar-refractivity contribution in [3.8, 4) is 0 Å². The number of hydrogen-bond acceptors (Lipinski definition) is 2. The molecule has 0 saturated heterocycles. The van der Waals surface area contributed by atoms with E-state index in [1.165, 1.54) is 0 Å². The van der Waals surface area contributed by atoms with Crippen molar-refractivity contribution >= 4 is 48.9 Å². The molecule has 0 aliphatic rings. The summed E-state index contributed by atoms with van der Waals surface area (Å²) in [6.45, 7) is 0. The van der Waals surface area contributed by atoms with E-state index in [0.717, 1.165) is 0 Å². The summed E-state index contributed by atoms with van der Waals surface area (Å²) < 4.78 is 0. The monoisotopic (exact) mass is 192 g/mol. The van der Waals surface area contributed by atoms with Gasteiger partial charge in [-0.3, -0.25) is 10.5 Å². The molecule has 0 atom stereocenters. The Morgan fingerprint density at radius 3 is 1.25 bits per heavy atom.